The van der Waals surface area contributed by atoms with Crippen LogP contribution < -0.4 is 4.74 Å². The van der Waals surface area contributed by atoms with Crippen LogP contribution in [0, 0.1) is 5.82 Å². The van der Waals surface area contributed by atoms with Crippen molar-refractivity contribution in [2.45, 2.75) is 31.9 Å². The summed E-state index contributed by atoms with van der Waals surface area (Å²) < 4.78 is 24.9. The van der Waals surface area contributed by atoms with Gasteiger partial charge in [-0.15, -0.1) is 11.3 Å². The molecule has 170 valence electrons. The fourth-order valence-electron chi connectivity index (χ4n) is 3.93. The van der Waals surface area contributed by atoms with E-state index in [0.717, 1.165) is 18.4 Å². The van der Waals surface area contributed by atoms with E-state index in [4.69, 9.17) is 9.47 Å². The Bertz CT molecular complexity index is 844. The van der Waals surface area contributed by atoms with Gasteiger partial charge < -0.3 is 19.5 Å². The number of fused-ring (bicyclic) bond motifs is 1. The number of para-hydroxylation sites is 1. The number of methoxy groups -OCH3 is 1. The second-order valence-electron chi connectivity index (χ2n) is 7.82. The molecule has 0 radical (unpaired) electrons. The maximum absolute atomic E-state index is 14.0. The topological polar surface area (TPSA) is 62.2 Å². The highest BCUT2D eigenvalue weighted by molar-refractivity contribution is 7.10. The van der Waals surface area contributed by atoms with Crippen LogP contribution in [-0.4, -0.2) is 73.4 Å². The fraction of sp³-hybridized carbons (Fsp3) is 0.522. The number of rotatable bonds is 11. The summed E-state index contributed by atoms with van der Waals surface area (Å²) in [6.07, 6.45) is 1.06. The number of aliphatic hydroxyl groups excluding tert-OH is 1. The van der Waals surface area contributed by atoms with E-state index in [9.17, 15) is 14.3 Å². The van der Waals surface area contributed by atoms with Crippen molar-refractivity contribution in [2.24, 2.45) is 0 Å². The quantitative estimate of drug-likeness (QED) is 0.533. The smallest absolute Gasteiger partial charge is 0.237 e. The summed E-state index contributed by atoms with van der Waals surface area (Å²) in [5.74, 6) is -0.243. The number of ether oxygens (including phenoxy) is 2. The van der Waals surface area contributed by atoms with Gasteiger partial charge in [-0.25, -0.2) is 4.39 Å². The molecule has 0 spiro atoms. The summed E-state index contributed by atoms with van der Waals surface area (Å²) in [4.78, 5) is 18.3. The largest absolute Gasteiger partial charge is 0.488 e. The minimum Gasteiger partial charge on any atom is -0.488 e. The van der Waals surface area contributed by atoms with Crippen molar-refractivity contribution < 1.29 is 23.8 Å². The molecule has 1 aliphatic heterocycles. The predicted octanol–water partition coefficient (Wildman–Crippen LogP) is 3.11. The zero-order valence-corrected chi connectivity index (χ0v) is 18.9. The van der Waals surface area contributed by atoms with Crippen LogP contribution in [-0.2, 0) is 16.0 Å². The molecule has 1 aromatic heterocycles. The van der Waals surface area contributed by atoms with Gasteiger partial charge in [0.25, 0.3) is 0 Å². The number of benzene rings is 1. The minimum absolute atomic E-state index is 0.0166. The molecule has 0 aliphatic carbocycles. The lowest BCUT2D eigenvalue weighted by Crippen LogP contribution is -2.47. The number of carbonyl (C=O) groups excluding carboxylic acids is 1. The van der Waals surface area contributed by atoms with E-state index < -0.39 is 11.9 Å². The third-order valence-corrected chi connectivity index (χ3v) is 6.35. The van der Waals surface area contributed by atoms with Gasteiger partial charge in [-0.3, -0.25) is 9.69 Å². The summed E-state index contributed by atoms with van der Waals surface area (Å²) >= 11 is 1.68. The standard InChI is InChI=1S/C23H31FN2O4S/c1-17(27)14-25(10-5-12-29-2)15-23(28)26-11-8-22-18(9-13-31-22)20(26)16-30-21-7-4-3-6-19(21)24/h3-4,6-7,9,13,17,20,27H,5,8,10-12,14-16H2,1-2H3. The van der Waals surface area contributed by atoms with Crippen LogP contribution in [0.15, 0.2) is 35.7 Å². The molecular formula is C23H31FN2O4S. The van der Waals surface area contributed by atoms with Crippen molar-refractivity contribution in [3.8, 4) is 5.75 Å². The van der Waals surface area contributed by atoms with E-state index >= 15 is 0 Å². The Balaban J connectivity index is 1.72. The lowest BCUT2D eigenvalue weighted by molar-refractivity contribution is -0.136. The van der Waals surface area contributed by atoms with Crippen LogP contribution in [0.1, 0.15) is 29.8 Å². The summed E-state index contributed by atoms with van der Waals surface area (Å²) in [6.45, 7) is 4.41. The molecule has 2 aromatic rings. The summed E-state index contributed by atoms with van der Waals surface area (Å²) in [6, 6.07) is 8.07. The molecule has 0 fully saturated rings. The first kappa shape index (κ1) is 23.7. The number of carbonyl (C=O) groups is 1. The average Bonchev–Trinajstić information content (AvgIpc) is 3.21. The van der Waals surface area contributed by atoms with Gasteiger partial charge in [-0.05, 0) is 48.9 Å². The van der Waals surface area contributed by atoms with Crippen molar-refractivity contribution >= 4 is 17.2 Å². The SMILES string of the molecule is COCCCN(CC(=O)N1CCc2sccc2C1COc1ccccc1F)CC(C)O. The van der Waals surface area contributed by atoms with Crippen LogP contribution in [0.25, 0.3) is 0 Å². The van der Waals surface area contributed by atoms with Gasteiger partial charge in [0.05, 0.1) is 18.7 Å². The van der Waals surface area contributed by atoms with E-state index in [2.05, 4.69) is 0 Å². The predicted molar refractivity (Wildman–Crippen MR) is 119 cm³/mol. The number of hydrogen-bond acceptors (Lipinski definition) is 6. The van der Waals surface area contributed by atoms with Gasteiger partial charge in [0.2, 0.25) is 5.91 Å². The highest BCUT2D eigenvalue weighted by atomic mass is 32.1. The Morgan fingerprint density at radius 1 is 1.39 bits per heavy atom. The third-order valence-electron chi connectivity index (χ3n) is 5.35. The van der Waals surface area contributed by atoms with Gasteiger partial charge >= 0.3 is 0 Å². The van der Waals surface area contributed by atoms with Gasteiger partial charge in [-0.2, -0.15) is 0 Å². The maximum Gasteiger partial charge on any atom is 0.237 e. The number of thiophene rings is 1. The van der Waals surface area contributed by atoms with Gasteiger partial charge in [0.1, 0.15) is 6.61 Å². The molecule has 8 heteroatoms. The van der Waals surface area contributed by atoms with Crippen molar-refractivity contribution in [1.82, 2.24) is 9.80 Å². The number of nitrogens with zero attached hydrogens (tertiary/aromatic N) is 2. The second kappa shape index (κ2) is 11.6. The van der Waals surface area contributed by atoms with E-state index in [-0.39, 0.29) is 30.9 Å². The van der Waals surface area contributed by atoms with Crippen LogP contribution >= 0.6 is 11.3 Å². The maximum atomic E-state index is 14.0. The molecule has 0 saturated carbocycles. The van der Waals surface area contributed by atoms with E-state index in [0.29, 0.717) is 26.2 Å². The van der Waals surface area contributed by atoms with Gasteiger partial charge in [-0.1, -0.05) is 12.1 Å². The van der Waals surface area contributed by atoms with E-state index in [1.54, 1.807) is 43.6 Å². The molecule has 3 rings (SSSR count). The highest BCUT2D eigenvalue weighted by Crippen LogP contribution is 2.34. The van der Waals surface area contributed by atoms with Crippen molar-refractivity contribution in [3.05, 3.63) is 52.0 Å². The highest BCUT2D eigenvalue weighted by Gasteiger charge is 2.33. The molecule has 2 unspecified atom stereocenters. The van der Waals surface area contributed by atoms with Crippen molar-refractivity contribution in [1.29, 1.82) is 0 Å². The Morgan fingerprint density at radius 3 is 2.94 bits per heavy atom. The number of halogens is 1. The average molecular weight is 451 g/mol. The lowest BCUT2D eigenvalue weighted by Gasteiger charge is -2.37. The molecule has 1 aliphatic rings. The molecule has 2 atom stereocenters. The van der Waals surface area contributed by atoms with Crippen LogP contribution in [0.2, 0.25) is 0 Å². The molecular weight excluding hydrogens is 419 g/mol. The molecule has 0 bridgehead atoms. The number of hydrogen-bond donors (Lipinski definition) is 1. The monoisotopic (exact) mass is 450 g/mol. The molecule has 2 heterocycles. The summed E-state index contributed by atoms with van der Waals surface area (Å²) in [5.41, 5.74) is 1.07. The molecule has 1 aromatic carbocycles. The van der Waals surface area contributed by atoms with Crippen molar-refractivity contribution in [2.75, 3.05) is 46.5 Å². The first-order chi connectivity index (χ1) is 15.0. The summed E-state index contributed by atoms with van der Waals surface area (Å²) in [5, 5.41) is 11.9. The second-order valence-corrected chi connectivity index (χ2v) is 8.82. The minimum atomic E-state index is -0.527. The lowest BCUT2D eigenvalue weighted by atomic mass is 10.0. The molecule has 31 heavy (non-hydrogen) atoms. The Morgan fingerprint density at radius 2 is 2.19 bits per heavy atom. The zero-order chi connectivity index (χ0) is 22.2. The Kier molecular flexibility index (Phi) is 8.83. The fourth-order valence-corrected chi connectivity index (χ4v) is 4.86. The molecule has 0 saturated heterocycles. The van der Waals surface area contributed by atoms with Gasteiger partial charge in [0.15, 0.2) is 11.6 Å². The van der Waals surface area contributed by atoms with Crippen LogP contribution in [0.5, 0.6) is 5.75 Å². The van der Waals surface area contributed by atoms with E-state index in [1.165, 1.54) is 10.9 Å². The van der Waals surface area contributed by atoms with Crippen LogP contribution in [0.3, 0.4) is 0 Å². The zero-order valence-electron chi connectivity index (χ0n) is 18.1. The Labute approximate surface area is 187 Å². The Hall–Kier alpha value is -2.00. The molecule has 6 nitrogen and oxygen atoms in total. The first-order valence-corrected chi connectivity index (χ1v) is 11.5. The van der Waals surface area contributed by atoms with E-state index in [1.807, 2.05) is 21.2 Å². The number of amides is 1. The summed E-state index contributed by atoms with van der Waals surface area (Å²) in [7, 11) is 1.65. The van der Waals surface area contributed by atoms with Crippen molar-refractivity contribution in [3.63, 3.8) is 0 Å². The van der Waals surface area contributed by atoms with Gasteiger partial charge in [0, 0.05) is 38.2 Å². The molecule has 1 N–H and O–H groups in total. The van der Waals surface area contributed by atoms with Crippen LogP contribution in [0.4, 0.5) is 4.39 Å². The number of aliphatic hydroxyl groups is 1. The third kappa shape index (κ3) is 6.49. The molecule has 1 amide bonds. The normalized spacial score (nSPS) is 16.9. The first-order valence-electron chi connectivity index (χ1n) is 10.6.